The zero-order valence-corrected chi connectivity index (χ0v) is 21.9. The Balaban J connectivity index is 1.43. The first kappa shape index (κ1) is 23.6. The number of H-pyrrole nitrogens is 1. The molecule has 3 aliphatic carbocycles. The van der Waals surface area contributed by atoms with Gasteiger partial charge in [0.2, 0.25) is 0 Å². The highest BCUT2D eigenvalue weighted by molar-refractivity contribution is 7.98. The van der Waals surface area contributed by atoms with Gasteiger partial charge in [0.15, 0.2) is 0 Å². The lowest BCUT2D eigenvalue weighted by Crippen LogP contribution is -2.41. The molecule has 7 nitrogen and oxygen atoms in total. The zero-order valence-electron chi connectivity index (χ0n) is 20.2. The predicted molar refractivity (Wildman–Crippen MR) is 139 cm³/mol. The second-order valence-electron chi connectivity index (χ2n) is 10.7. The van der Waals surface area contributed by atoms with E-state index < -0.39 is 8.60 Å². The maximum atomic E-state index is 12.7. The van der Waals surface area contributed by atoms with Crippen LogP contribution in [0.3, 0.4) is 0 Å². The van der Waals surface area contributed by atoms with Crippen molar-refractivity contribution in [1.82, 2.24) is 9.55 Å². The van der Waals surface area contributed by atoms with Gasteiger partial charge in [0, 0.05) is 46.3 Å². The third kappa shape index (κ3) is 3.68. The minimum Gasteiger partial charge on any atom is -0.487 e. The number of hydrogen-bond acceptors (Lipinski definition) is 6. The number of pyridine rings is 1. The summed E-state index contributed by atoms with van der Waals surface area (Å²) in [7, 11) is -0.591. The molecule has 0 radical (unpaired) electrons. The van der Waals surface area contributed by atoms with Crippen LogP contribution >= 0.6 is 20.4 Å². The van der Waals surface area contributed by atoms with Gasteiger partial charge >= 0.3 is 8.60 Å². The van der Waals surface area contributed by atoms with E-state index in [1.165, 1.54) is 0 Å². The number of rotatable bonds is 6. The van der Waals surface area contributed by atoms with Crippen LogP contribution in [0.2, 0.25) is 0 Å². The first-order valence-electron chi connectivity index (χ1n) is 12.1. The maximum Gasteiger partial charge on any atom is 0.327 e. The minimum atomic E-state index is -2.37. The van der Waals surface area contributed by atoms with Crippen LogP contribution < -0.4 is 10.3 Å². The molecule has 1 aromatic carbocycles. The number of fused-ring (bicyclic) bond motifs is 3. The summed E-state index contributed by atoms with van der Waals surface area (Å²) in [4.78, 5) is 36.1. The molecule has 3 aromatic rings. The Kier molecular flexibility index (Phi) is 5.62. The molecule has 6 rings (SSSR count). The summed E-state index contributed by atoms with van der Waals surface area (Å²) in [6.45, 7) is 2.26. The largest absolute Gasteiger partial charge is 0.487 e. The van der Waals surface area contributed by atoms with Gasteiger partial charge in [-0.2, -0.15) is 0 Å². The van der Waals surface area contributed by atoms with Gasteiger partial charge in [-0.15, -0.1) is 11.8 Å². The number of benzene rings is 1. The van der Waals surface area contributed by atoms with Crippen LogP contribution in [-0.2, 0) is 11.6 Å². The molecular weight excluding hydrogens is 483 g/mol. The molecule has 5 atom stereocenters. The van der Waals surface area contributed by atoms with Crippen molar-refractivity contribution >= 4 is 31.3 Å². The second kappa shape index (κ2) is 8.35. The third-order valence-electron chi connectivity index (χ3n) is 8.75. The summed E-state index contributed by atoms with van der Waals surface area (Å²) < 4.78 is 14.3. The Morgan fingerprint density at radius 2 is 2.03 bits per heavy atom. The minimum absolute atomic E-state index is 0.0509. The summed E-state index contributed by atoms with van der Waals surface area (Å²) >= 11 is 1.68. The van der Waals surface area contributed by atoms with E-state index >= 15 is 0 Å². The Morgan fingerprint density at radius 3 is 2.80 bits per heavy atom. The molecule has 3 fully saturated rings. The lowest BCUT2D eigenvalue weighted by Gasteiger charge is -2.40. The Morgan fingerprint density at radius 1 is 1.20 bits per heavy atom. The molecule has 0 amide bonds. The molecule has 9 heteroatoms. The van der Waals surface area contributed by atoms with Gasteiger partial charge in [0.05, 0.1) is 6.10 Å². The first-order chi connectivity index (χ1) is 16.7. The number of nitrogens with one attached hydrogen (secondary N) is 1. The van der Waals surface area contributed by atoms with Crippen molar-refractivity contribution in [2.24, 2.45) is 24.3 Å². The van der Waals surface area contributed by atoms with E-state index in [1.54, 1.807) is 23.4 Å². The first-order valence-corrected chi connectivity index (χ1v) is 14.5. The molecule has 35 heavy (non-hydrogen) atoms. The maximum absolute atomic E-state index is 12.7. The van der Waals surface area contributed by atoms with Crippen molar-refractivity contribution in [3.8, 4) is 16.9 Å². The molecule has 3 saturated carbocycles. The van der Waals surface area contributed by atoms with E-state index in [2.05, 4.69) is 36.4 Å². The number of aryl methyl sites for hydroxylation is 1. The highest BCUT2D eigenvalue weighted by Crippen LogP contribution is 2.68. The van der Waals surface area contributed by atoms with Gasteiger partial charge in [-0.3, -0.25) is 4.79 Å². The standard InChI is InChI=1S/C26H31N2O5PS/c1-15-10-25(11-16-8-22(33-34(30)31)26(15,12-16)14-25)32-21-5-4-17(35-3)9-19(21)20-13-28(2)24(29)23-18(20)6-7-27-23/h4-7,9,13,15-16,22,27,30-31H,8,10-12,14H2,1-3H3. The number of hydrogen-bond donors (Lipinski definition) is 3. The second-order valence-corrected chi connectivity index (χ2v) is 12.3. The molecule has 0 saturated heterocycles. The number of ether oxygens (including phenoxy) is 1. The van der Waals surface area contributed by atoms with E-state index in [4.69, 9.17) is 9.26 Å². The van der Waals surface area contributed by atoms with E-state index in [-0.39, 0.29) is 22.7 Å². The molecule has 1 spiro atoms. The average Bonchev–Trinajstić information content (AvgIpc) is 3.45. The van der Waals surface area contributed by atoms with Gasteiger partial charge in [-0.05, 0) is 74.5 Å². The number of aromatic amines is 1. The fraction of sp³-hybridized carbons (Fsp3) is 0.500. The third-order valence-corrected chi connectivity index (χ3v) is 9.92. The Bertz CT molecular complexity index is 1350. The number of nitrogens with zero attached hydrogens (tertiary/aromatic N) is 1. The topological polar surface area (TPSA) is 96.7 Å². The number of thioether (sulfide) groups is 1. The fourth-order valence-electron chi connectivity index (χ4n) is 7.47. The molecule has 186 valence electrons. The summed E-state index contributed by atoms with van der Waals surface area (Å²) in [5, 5.41) is 0.890. The van der Waals surface area contributed by atoms with Gasteiger partial charge in [-0.25, -0.2) is 0 Å². The van der Waals surface area contributed by atoms with Crippen molar-refractivity contribution in [3.05, 3.63) is 47.0 Å². The van der Waals surface area contributed by atoms with Gasteiger partial charge in [-0.1, -0.05) is 6.92 Å². The molecule has 0 aliphatic heterocycles. The van der Waals surface area contributed by atoms with Crippen LogP contribution in [-0.4, -0.2) is 37.3 Å². The SMILES string of the molecule is CSc1ccc(OC23CC4CC(OP(O)O)C(C4)(C2)C(C)C3)c(-c2cn(C)c(=O)c3[nH]ccc23)c1. The number of aromatic nitrogens is 2. The average molecular weight is 515 g/mol. The monoisotopic (exact) mass is 514 g/mol. The lowest BCUT2D eigenvalue weighted by atomic mass is 9.71. The van der Waals surface area contributed by atoms with Crippen LogP contribution in [0.1, 0.15) is 39.0 Å². The van der Waals surface area contributed by atoms with E-state index in [0.717, 1.165) is 59.3 Å². The summed E-state index contributed by atoms with van der Waals surface area (Å²) in [5.41, 5.74) is 2.13. The highest BCUT2D eigenvalue weighted by atomic mass is 32.2. The van der Waals surface area contributed by atoms with Gasteiger partial charge in [0.1, 0.15) is 16.9 Å². The predicted octanol–water partition coefficient (Wildman–Crippen LogP) is 5.20. The summed E-state index contributed by atoms with van der Waals surface area (Å²) in [6, 6.07) is 8.28. The lowest BCUT2D eigenvalue weighted by molar-refractivity contribution is -0.00187. The zero-order chi connectivity index (χ0) is 24.5. The molecule has 2 aromatic heterocycles. The molecule has 2 heterocycles. The molecule has 5 unspecified atom stereocenters. The quantitative estimate of drug-likeness (QED) is 0.309. The molecule has 3 N–H and O–H groups in total. The van der Waals surface area contributed by atoms with Crippen LogP contribution in [0, 0.1) is 17.3 Å². The van der Waals surface area contributed by atoms with Gasteiger partial charge in [0.25, 0.3) is 5.56 Å². The molecule has 3 aliphatic rings. The normalized spacial score (nSPS) is 31.5. The summed E-state index contributed by atoms with van der Waals surface area (Å²) in [5.74, 6) is 1.66. The van der Waals surface area contributed by atoms with Crippen molar-refractivity contribution in [1.29, 1.82) is 0 Å². The molecule has 3 bridgehead atoms. The van der Waals surface area contributed by atoms with Crippen LogP contribution in [0.4, 0.5) is 0 Å². The fourth-order valence-corrected chi connectivity index (χ4v) is 8.44. The van der Waals surface area contributed by atoms with Crippen molar-refractivity contribution < 1.29 is 19.0 Å². The van der Waals surface area contributed by atoms with Crippen molar-refractivity contribution in [3.63, 3.8) is 0 Å². The van der Waals surface area contributed by atoms with E-state index in [1.807, 2.05) is 18.5 Å². The Hall–Kier alpha value is -1.83. The van der Waals surface area contributed by atoms with Crippen LogP contribution in [0.15, 0.2) is 46.3 Å². The Labute approximate surface area is 209 Å². The molecular formula is C26H31N2O5PS. The van der Waals surface area contributed by atoms with Crippen LogP contribution in [0.25, 0.3) is 22.0 Å². The van der Waals surface area contributed by atoms with Crippen molar-refractivity contribution in [2.75, 3.05) is 6.26 Å². The highest BCUT2D eigenvalue weighted by Gasteiger charge is 2.66. The van der Waals surface area contributed by atoms with E-state index in [0.29, 0.717) is 17.4 Å². The van der Waals surface area contributed by atoms with E-state index in [9.17, 15) is 14.6 Å². The summed E-state index contributed by atoms with van der Waals surface area (Å²) in [6.07, 6.45) is 10.3. The smallest absolute Gasteiger partial charge is 0.327 e. The van der Waals surface area contributed by atoms with Gasteiger partial charge < -0.3 is 28.6 Å². The van der Waals surface area contributed by atoms with Crippen molar-refractivity contribution in [2.45, 2.75) is 55.6 Å². The van der Waals surface area contributed by atoms with Crippen LogP contribution in [0.5, 0.6) is 5.75 Å².